The van der Waals surface area contributed by atoms with Crippen molar-refractivity contribution in [3.05, 3.63) is 35.4 Å². The summed E-state index contributed by atoms with van der Waals surface area (Å²) in [5.41, 5.74) is 0.795. The molecule has 1 aromatic rings. The molecule has 0 saturated heterocycles. The SMILES string of the molecule is CCCCCCCCCOC(=O)c1cccc(C(=O)OC(C)CCCCC)c1. The summed E-state index contributed by atoms with van der Waals surface area (Å²) in [6, 6.07) is 6.61. The summed E-state index contributed by atoms with van der Waals surface area (Å²) in [5, 5.41) is 0. The summed E-state index contributed by atoms with van der Waals surface area (Å²) in [6.45, 7) is 6.70. The Morgan fingerprint density at radius 1 is 0.821 bits per heavy atom. The Kier molecular flexibility index (Phi) is 13.1. The summed E-state index contributed by atoms with van der Waals surface area (Å²) >= 11 is 0. The summed E-state index contributed by atoms with van der Waals surface area (Å²) in [6.07, 6.45) is 12.3. The molecule has 1 unspecified atom stereocenters. The predicted octanol–water partition coefficient (Wildman–Crippen LogP) is 6.72. The molecule has 0 radical (unpaired) electrons. The maximum Gasteiger partial charge on any atom is 0.338 e. The maximum atomic E-state index is 12.3. The third-order valence-corrected chi connectivity index (χ3v) is 4.84. The molecule has 0 N–H and O–H groups in total. The molecule has 1 atom stereocenters. The zero-order valence-electron chi connectivity index (χ0n) is 18.0. The Labute approximate surface area is 171 Å². The molecule has 4 nitrogen and oxygen atoms in total. The van der Waals surface area contributed by atoms with Crippen LogP contribution in [0.25, 0.3) is 0 Å². The second-order valence-electron chi connectivity index (χ2n) is 7.55. The van der Waals surface area contributed by atoms with Crippen molar-refractivity contribution in [1.29, 1.82) is 0 Å². The highest BCUT2D eigenvalue weighted by Gasteiger charge is 2.15. The van der Waals surface area contributed by atoms with Crippen LogP contribution in [0.1, 0.15) is 112 Å². The van der Waals surface area contributed by atoms with E-state index in [1.165, 1.54) is 32.1 Å². The number of ether oxygens (including phenoxy) is 2. The second kappa shape index (κ2) is 15.1. The van der Waals surface area contributed by atoms with Gasteiger partial charge in [-0.05, 0) is 44.4 Å². The van der Waals surface area contributed by atoms with Crippen LogP contribution in [0.2, 0.25) is 0 Å². The highest BCUT2D eigenvalue weighted by molar-refractivity contribution is 5.95. The van der Waals surface area contributed by atoms with E-state index >= 15 is 0 Å². The van der Waals surface area contributed by atoms with Crippen LogP contribution in [0.5, 0.6) is 0 Å². The first-order chi connectivity index (χ1) is 13.6. The van der Waals surface area contributed by atoms with Gasteiger partial charge in [0, 0.05) is 0 Å². The number of carbonyl (C=O) groups excluding carboxylic acids is 2. The molecule has 0 aliphatic rings. The normalized spacial score (nSPS) is 11.8. The lowest BCUT2D eigenvalue weighted by Gasteiger charge is -2.13. The molecule has 0 saturated carbocycles. The van der Waals surface area contributed by atoms with Gasteiger partial charge in [-0.25, -0.2) is 9.59 Å². The summed E-state index contributed by atoms with van der Waals surface area (Å²) in [4.78, 5) is 24.5. The molecule has 1 aromatic carbocycles. The fourth-order valence-electron chi connectivity index (χ4n) is 3.07. The number of rotatable bonds is 15. The Morgan fingerprint density at radius 3 is 2.07 bits per heavy atom. The van der Waals surface area contributed by atoms with E-state index in [0.717, 1.165) is 38.5 Å². The van der Waals surface area contributed by atoms with Crippen molar-refractivity contribution in [1.82, 2.24) is 0 Å². The molecule has 0 aliphatic carbocycles. The molecule has 28 heavy (non-hydrogen) atoms. The monoisotopic (exact) mass is 390 g/mol. The molecule has 0 bridgehead atoms. The molecule has 0 aliphatic heterocycles. The van der Waals surface area contributed by atoms with Crippen molar-refractivity contribution in [3.63, 3.8) is 0 Å². The van der Waals surface area contributed by atoms with Crippen molar-refractivity contribution in [2.75, 3.05) is 6.61 Å². The molecule has 0 spiro atoms. The van der Waals surface area contributed by atoms with Gasteiger partial charge in [0.2, 0.25) is 0 Å². The first-order valence-electron chi connectivity index (χ1n) is 11.1. The quantitative estimate of drug-likeness (QED) is 0.246. The Balaban J connectivity index is 2.36. The highest BCUT2D eigenvalue weighted by atomic mass is 16.5. The lowest BCUT2D eigenvalue weighted by atomic mass is 10.1. The van der Waals surface area contributed by atoms with Gasteiger partial charge in [0.1, 0.15) is 0 Å². The van der Waals surface area contributed by atoms with E-state index in [9.17, 15) is 9.59 Å². The van der Waals surface area contributed by atoms with Gasteiger partial charge in [0.15, 0.2) is 0 Å². The lowest BCUT2D eigenvalue weighted by molar-refractivity contribution is 0.0319. The summed E-state index contributed by atoms with van der Waals surface area (Å²) in [7, 11) is 0. The molecule has 1 rings (SSSR count). The van der Waals surface area contributed by atoms with Gasteiger partial charge in [-0.1, -0.05) is 71.3 Å². The first-order valence-corrected chi connectivity index (χ1v) is 11.1. The molecule has 0 heterocycles. The summed E-state index contributed by atoms with van der Waals surface area (Å²) < 4.78 is 10.8. The largest absolute Gasteiger partial charge is 0.462 e. The van der Waals surface area contributed by atoms with Crippen molar-refractivity contribution in [2.24, 2.45) is 0 Å². The van der Waals surface area contributed by atoms with Crippen LogP contribution in [-0.2, 0) is 9.47 Å². The smallest absolute Gasteiger partial charge is 0.338 e. The minimum Gasteiger partial charge on any atom is -0.462 e. The van der Waals surface area contributed by atoms with Crippen LogP contribution in [0.4, 0.5) is 0 Å². The lowest BCUT2D eigenvalue weighted by Crippen LogP contribution is -2.16. The predicted molar refractivity (Wildman–Crippen MR) is 114 cm³/mol. The average Bonchev–Trinajstić information content (AvgIpc) is 2.70. The van der Waals surface area contributed by atoms with Crippen LogP contribution >= 0.6 is 0 Å². The topological polar surface area (TPSA) is 52.6 Å². The zero-order valence-corrected chi connectivity index (χ0v) is 18.0. The fourth-order valence-corrected chi connectivity index (χ4v) is 3.07. The third-order valence-electron chi connectivity index (χ3n) is 4.84. The van der Waals surface area contributed by atoms with E-state index in [4.69, 9.17) is 9.47 Å². The minimum absolute atomic E-state index is 0.119. The van der Waals surface area contributed by atoms with Crippen molar-refractivity contribution >= 4 is 11.9 Å². The first kappa shape index (κ1) is 24.2. The van der Waals surface area contributed by atoms with E-state index in [0.29, 0.717) is 17.7 Å². The van der Waals surface area contributed by atoms with E-state index < -0.39 is 0 Å². The third kappa shape index (κ3) is 10.5. The molecule has 158 valence electrons. The van der Waals surface area contributed by atoms with Crippen LogP contribution in [0, 0.1) is 0 Å². The molecule has 0 aromatic heterocycles. The summed E-state index contributed by atoms with van der Waals surface area (Å²) in [5.74, 6) is -0.762. The Hall–Kier alpha value is -1.84. The van der Waals surface area contributed by atoms with Crippen LogP contribution in [0.15, 0.2) is 24.3 Å². The average molecular weight is 391 g/mol. The Morgan fingerprint density at radius 2 is 1.39 bits per heavy atom. The van der Waals surface area contributed by atoms with Gasteiger partial charge in [-0.15, -0.1) is 0 Å². The van der Waals surface area contributed by atoms with Gasteiger partial charge >= 0.3 is 11.9 Å². The van der Waals surface area contributed by atoms with E-state index in [1.807, 2.05) is 6.92 Å². The molecule has 0 amide bonds. The van der Waals surface area contributed by atoms with E-state index in [2.05, 4.69) is 13.8 Å². The van der Waals surface area contributed by atoms with Gasteiger partial charge < -0.3 is 9.47 Å². The number of benzene rings is 1. The van der Waals surface area contributed by atoms with Gasteiger partial charge in [-0.3, -0.25) is 0 Å². The van der Waals surface area contributed by atoms with E-state index in [1.54, 1.807) is 24.3 Å². The second-order valence-corrected chi connectivity index (χ2v) is 7.55. The molecular weight excluding hydrogens is 352 g/mol. The van der Waals surface area contributed by atoms with Crippen LogP contribution < -0.4 is 0 Å². The van der Waals surface area contributed by atoms with Crippen molar-refractivity contribution in [2.45, 2.75) is 97.5 Å². The van der Waals surface area contributed by atoms with Gasteiger partial charge in [0.25, 0.3) is 0 Å². The molecule has 4 heteroatoms. The number of unbranched alkanes of at least 4 members (excludes halogenated alkanes) is 8. The maximum absolute atomic E-state index is 12.3. The minimum atomic E-state index is -0.384. The Bertz CT molecular complexity index is 567. The zero-order chi connectivity index (χ0) is 20.6. The number of hydrogen-bond donors (Lipinski definition) is 0. The highest BCUT2D eigenvalue weighted by Crippen LogP contribution is 2.13. The molecular formula is C24H38O4. The van der Waals surface area contributed by atoms with Crippen LogP contribution in [0.3, 0.4) is 0 Å². The van der Waals surface area contributed by atoms with Crippen LogP contribution in [-0.4, -0.2) is 24.6 Å². The van der Waals surface area contributed by atoms with Gasteiger partial charge in [-0.2, -0.15) is 0 Å². The van der Waals surface area contributed by atoms with Gasteiger partial charge in [0.05, 0.1) is 23.8 Å². The number of carbonyl (C=O) groups is 2. The van der Waals surface area contributed by atoms with Crippen molar-refractivity contribution in [3.8, 4) is 0 Å². The standard InChI is InChI=1S/C24H38O4/c1-4-6-8-9-10-11-13-18-27-23(25)21-16-14-17-22(19-21)24(26)28-20(3)15-12-7-5-2/h14,16-17,19-20H,4-13,15,18H2,1-3H3. The molecule has 0 fully saturated rings. The number of hydrogen-bond acceptors (Lipinski definition) is 4. The van der Waals surface area contributed by atoms with E-state index in [-0.39, 0.29) is 18.0 Å². The number of esters is 2. The van der Waals surface area contributed by atoms with Crippen molar-refractivity contribution < 1.29 is 19.1 Å². The fraction of sp³-hybridized carbons (Fsp3) is 0.667.